The van der Waals surface area contributed by atoms with Crippen molar-refractivity contribution in [3.8, 4) is 0 Å². The van der Waals surface area contributed by atoms with Gasteiger partial charge in [0.2, 0.25) is 0 Å². The molecule has 0 atom stereocenters. The third-order valence-corrected chi connectivity index (χ3v) is 5.08. The van der Waals surface area contributed by atoms with Gasteiger partial charge in [-0.3, -0.25) is 4.68 Å². The number of hydrogen-bond acceptors (Lipinski definition) is 3. The Bertz CT molecular complexity index is 696. The summed E-state index contributed by atoms with van der Waals surface area (Å²) in [6.07, 6.45) is 4.68. The minimum atomic E-state index is -0.255. The van der Waals surface area contributed by atoms with Gasteiger partial charge in [-0.05, 0) is 50.8 Å². The van der Waals surface area contributed by atoms with Crippen LogP contribution in [0.15, 0.2) is 48.7 Å². The second kappa shape index (κ2) is 10.4. The maximum Gasteiger partial charge on any atom is 0.429 e. The van der Waals surface area contributed by atoms with Gasteiger partial charge in [0.1, 0.15) is 0 Å². The van der Waals surface area contributed by atoms with Crippen molar-refractivity contribution in [1.82, 2.24) is 9.58 Å². The summed E-state index contributed by atoms with van der Waals surface area (Å²) >= 11 is 0. The maximum atomic E-state index is 12.6. The van der Waals surface area contributed by atoms with Crippen LogP contribution >= 0.6 is 12.4 Å². The predicted molar refractivity (Wildman–Crippen MR) is 111 cm³/mol. The van der Waals surface area contributed by atoms with Gasteiger partial charge in [0.15, 0.2) is 0 Å². The molecule has 2 aromatic rings. The number of hydrogen-bond donors (Lipinski definition) is 0. The fourth-order valence-corrected chi connectivity index (χ4v) is 3.62. The third-order valence-electron chi connectivity index (χ3n) is 5.08. The molecule has 1 aliphatic heterocycles. The van der Waals surface area contributed by atoms with Crippen molar-refractivity contribution in [2.75, 3.05) is 31.3 Å². The molecule has 0 spiro atoms. The van der Waals surface area contributed by atoms with Gasteiger partial charge in [0.05, 0.1) is 12.6 Å². The lowest BCUT2D eigenvalue weighted by atomic mass is 10.0. The van der Waals surface area contributed by atoms with Crippen LogP contribution in [0.1, 0.15) is 31.0 Å². The van der Waals surface area contributed by atoms with Crippen LogP contribution in [0.25, 0.3) is 0 Å². The first kappa shape index (κ1) is 21.3. The van der Waals surface area contributed by atoms with E-state index >= 15 is 0 Å². The number of piperidine rings is 1. The van der Waals surface area contributed by atoms with Gasteiger partial charge in [-0.1, -0.05) is 30.3 Å². The van der Waals surface area contributed by atoms with Crippen LogP contribution in [-0.4, -0.2) is 48.0 Å². The number of amides is 1. The van der Waals surface area contributed by atoms with E-state index in [1.165, 1.54) is 5.56 Å². The van der Waals surface area contributed by atoms with Gasteiger partial charge in [-0.15, -0.1) is 12.4 Å². The molecule has 0 bridgehead atoms. The van der Waals surface area contributed by atoms with Crippen LogP contribution in [0.5, 0.6) is 0 Å². The second-order valence-electron chi connectivity index (χ2n) is 6.85. The van der Waals surface area contributed by atoms with Gasteiger partial charge in [-0.2, -0.15) is 0 Å². The molecule has 1 fully saturated rings. The number of aryl methyl sites for hydroxylation is 1. The summed E-state index contributed by atoms with van der Waals surface area (Å²) in [7, 11) is 0. The Hall–Kier alpha value is -1.98. The van der Waals surface area contributed by atoms with E-state index in [9.17, 15) is 4.79 Å². The molecular weight excluding hydrogens is 362 g/mol. The van der Waals surface area contributed by atoms with Crippen LogP contribution in [0, 0.1) is 6.92 Å². The first-order valence-electron chi connectivity index (χ1n) is 9.55. The van der Waals surface area contributed by atoms with Crippen LogP contribution in [0.4, 0.5) is 4.79 Å². The Morgan fingerprint density at radius 3 is 2.44 bits per heavy atom. The molecule has 0 radical (unpaired) electrons. The highest BCUT2D eigenvalue weighted by Crippen LogP contribution is 2.19. The number of rotatable bonds is 6. The van der Waals surface area contributed by atoms with Gasteiger partial charge < -0.3 is 9.64 Å². The SMILES string of the molecule is CCOC(=O)N(C1CCN(CCc2ccccc2)CC1)n1cccc1C.Cl. The maximum absolute atomic E-state index is 12.6. The number of benzene rings is 1. The van der Waals surface area contributed by atoms with Crippen LogP contribution in [-0.2, 0) is 11.2 Å². The van der Waals surface area contributed by atoms with E-state index in [1.807, 2.05) is 36.9 Å². The quantitative estimate of drug-likeness (QED) is 0.746. The number of likely N-dealkylation sites (tertiary alicyclic amines) is 1. The molecule has 1 saturated heterocycles. The molecular formula is C21H30ClN3O2. The van der Waals surface area contributed by atoms with E-state index in [1.54, 1.807) is 5.01 Å². The highest BCUT2D eigenvalue weighted by molar-refractivity contribution is 5.85. The van der Waals surface area contributed by atoms with Crippen LogP contribution in [0.2, 0.25) is 0 Å². The molecule has 5 nitrogen and oxygen atoms in total. The summed E-state index contributed by atoms with van der Waals surface area (Å²) in [6, 6.07) is 14.8. The van der Waals surface area contributed by atoms with E-state index in [-0.39, 0.29) is 24.5 Å². The smallest absolute Gasteiger partial charge is 0.429 e. The van der Waals surface area contributed by atoms with Crippen LogP contribution in [0.3, 0.4) is 0 Å². The van der Waals surface area contributed by atoms with Crippen molar-refractivity contribution in [2.45, 2.75) is 39.2 Å². The molecule has 0 unspecified atom stereocenters. The minimum absolute atomic E-state index is 0. The first-order chi connectivity index (χ1) is 12.7. The monoisotopic (exact) mass is 391 g/mol. The highest BCUT2D eigenvalue weighted by Gasteiger charge is 2.30. The molecule has 1 aliphatic rings. The zero-order chi connectivity index (χ0) is 18.4. The molecule has 1 amide bonds. The number of halogens is 1. The molecule has 0 saturated carbocycles. The summed E-state index contributed by atoms with van der Waals surface area (Å²) in [6.45, 7) is 7.34. The zero-order valence-corrected chi connectivity index (χ0v) is 17.0. The fourth-order valence-electron chi connectivity index (χ4n) is 3.62. The standard InChI is InChI=1S/C21H29N3O2.ClH/c1-3-26-21(25)24(23-14-7-8-18(23)2)20-12-16-22(17-13-20)15-11-19-9-5-4-6-10-19;/h4-10,14,20H,3,11-13,15-17H2,1-2H3;1H. The van der Waals surface area contributed by atoms with Gasteiger partial charge in [-0.25, -0.2) is 9.80 Å². The van der Waals surface area contributed by atoms with Crippen molar-refractivity contribution in [1.29, 1.82) is 0 Å². The van der Waals surface area contributed by atoms with Crippen LogP contribution < -0.4 is 5.01 Å². The van der Waals surface area contributed by atoms with E-state index in [0.29, 0.717) is 6.61 Å². The summed E-state index contributed by atoms with van der Waals surface area (Å²) in [5.74, 6) is 0. The van der Waals surface area contributed by atoms with E-state index < -0.39 is 0 Å². The number of ether oxygens (including phenoxy) is 1. The normalized spacial score (nSPS) is 15.2. The molecule has 1 aromatic heterocycles. The van der Waals surface area contributed by atoms with Crippen molar-refractivity contribution >= 4 is 18.5 Å². The zero-order valence-electron chi connectivity index (χ0n) is 16.2. The summed E-state index contributed by atoms with van der Waals surface area (Å²) in [5.41, 5.74) is 2.43. The molecule has 0 N–H and O–H groups in total. The Morgan fingerprint density at radius 1 is 1.15 bits per heavy atom. The average molecular weight is 392 g/mol. The summed E-state index contributed by atoms with van der Waals surface area (Å²) in [4.78, 5) is 15.1. The first-order valence-corrected chi connectivity index (χ1v) is 9.55. The Balaban J connectivity index is 0.00000261. The van der Waals surface area contributed by atoms with Crippen molar-refractivity contribution in [2.24, 2.45) is 0 Å². The minimum Gasteiger partial charge on any atom is -0.448 e. The summed E-state index contributed by atoms with van der Waals surface area (Å²) < 4.78 is 7.25. The lowest BCUT2D eigenvalue weighted by molar-refractivity contribution is 0.138. The number of carbonyl (C=O) groups is 1. The van der Waals surface area contributed by atoms with E-state index in [4.69, 9.17) is 4.74 Å². The molecule has 27 heavy (non-hydrogen) atoms. The van der Waals surface area contributed by atoms with Gasteiger partial charge in [0, 0.05) is 31.5 Å². The van der Waals surface area contributed by atoms with E-state index in [0.717, 1.165) is 44.6 Å². The average Bonchev–Trinajstić information content (AvgIpc) is 3.08. The Labute approximate surface area is 168 Å². The van der Waals surface area contributed by atoms with Crippen molar-refractivity contribution in [3.05, 3.63) is 59.9 Å². The van der Waals surface area contributed by atoms with Gasteiger partial charge >= 0.3 is 6.09 Å². The molecule has 3 rings (SSSR count). The summed E-state index contributed by atoms with van der Waals surface area (Å²) in [5, 5.41) is 1.80. The number of carbonyl (C=O) groups excluding carboxylic acids is 1. The molecule has 6 heteroatoms. The third kappa shape index (κ3) is 5.50. The highest BCUT2D eigenvalue weighted by atomic mass is 35.5. The van der Waals surface area contributed by atoms with Crippen molar-refractivity contribution < 1.29 is 9.53 Å². The van der Waals surface area contributed by atoms with E-state index in [2.05, 4.69) is 35.2 Å². The molecule has 148 valence electrons. The predicted octanol–water partition coefficient (Wildman–Crippen LogP) is 4.02. The molecule has 0 aliphatic carbocycles. The Kier molecular flexibility index (Phi) is 8.20. The number of nitrogens with zero attached hydrogens (tertiary/aromatic N) is 3. The second-order valence-corrected chi connectivity index (χ2v) is 6.85. The van der Waals surface area contributed by atoms with Gasteiger partial charge in [0.25, 0.3) is 0 Å². The lowest BCUT2D eigenvalue weighted by Gasteiger charge is -2.38. The largest absolute Gasteiger partial charge is 0.448 e. The lowest BCUT2D eigenvalue weighted by Crippen LogP contribution is -2.53. The molecule has 1 aromatic carbocycles. The molecule has 2 heterocycles. The number of aromatic nitrogens is 1. The topological polar surface area (TPSA) is 37.7 Å². The fraction of sp³-hybridized carbons (Fsp3) is 0.476. The Morgan fingerprint density at radius 2 is 1.85 bits per heavy atom. The van der Waals surface area contributed by atoms with Crippen molar-refractivity contribution in [3.63, 3.8) is 0 Å².